The van der Waals surface area contributed by atoms with Crippen LogP contribution in [0.1, 0.15) is 40.0 Å². The Morgan fingerprint density at radius 3 is 2.46 bits per heavy atom. The highest BCUT2D eigenvalue weighted by Crippen LogP contribution is 2.23. The van der Waals surface area contributed by atoms with Gasteiger partial charge in [-0.25, -0.2) is 9.78 Å². The van der Waals surface area contributed by atoms with E-state index in [0.717, 1.165) is 30.7 Å². The van der Waals surface area contributed by atoms with Gasteiger partial charge in [0, 0.05) is 18.7 Å². The van der Waals surface area contributed by atoms with Crippen LogP contribution >= 0.6 is 0 Å². The Morgan fingerprint density at radius 1 is 1.08 bits per heavy atom. The lowest BCUT2D eigenvalue weighted by atomic mass is 10.1. The summed E-state index contributed by atoms with van der Waals surface area (Å²) < 4.78 is 3.56. The summed E-state index contributed by atoms with van der Waals surface area (Å²) in [6.07, 6.45) is 2.76. The molecule has 26 heavy (non-hydrogen) atoms. The van der Waals surface area contributed by atoms with Crippen molar-refractivity contribution in [2.75, 3.05) is 0 Å². The number of H-pyrrole nitrogens is 1. The number of benzene rings is 1. The summed E-state index contributed by atoms with van der Waals surface area (Å²) in [5.41, 5.74) is 1.16. The first-order valence-corrected chi connectivity index (χ1v) is 9.31. The number of unbranched alkanes of at least 4 members (excludes halogenated alkanes) is 1. The first kappa shape index (κ1) is 18.2. The summed E-state index contributed by atoms with van der Waals surface area (Å²) in [7, 11) is 0. The van der Waals surface area contributed by atoms with Gasteiger partial charge in [0.15, 0.2) is 11.2 Å². The van der Waals surface area contributed by atoms with E-state index in [9.17, 15) is 9.59 Å². The third-order valence-corrected chi connectivity index (χ3v) is 4.58. The summed E-state index contributed by atoms with van der Waals surface area (Å²) in [6, 6.07) is 9.83. The van der Waals surface area contributed by atoms with Gasteiger partial charge in [0.25, 0.3) is 5.56 Å². The molecule has 0 bridgehead atoms. The number of fused-ring (bicyclic) bond motifs is 1. The third-order valence-electron chi connectivity index (χ3n) is 4.58. The van der Waals surface area contributed by atoms with Crippen LogP contribution in [0.25, 0.3) is 22.6 Å². The minimum atomic E-state index is -0.385. The minimum Gasteiger partial charge on any atom is -0.318 e. The number of nitrogens with one attached hydrogen (secondary N) is 1. The molecule has 0 saturated heterocycles. The first-order valence-electron chi connectivity index (χ1n) is 9.31. The normalized spacial score (nSPS) is 11.5. The van der Waals surface area contributed by atoms with Crippen LogP contribution in [0, 0.1) is 5.92 Å². The summed E-state index contributed by atoms with van der Waals surface area (Å²) in [6.45, 7) is 7.63. The summed E-state index contributed by atoms with van der Waals surface area (Å²) in [5, 5.41) is 0. The van der Waals surface area contributed by atoms with Crippen LogP contribution in [0.3, 0.4) is 0 Å². The molecule has 0 spiro atoms. The van der Waals surface area contributed by atoms with Gasteiger partial charge < -0.3 is 4.57 Å². The van der Waals surface area contributed by atoms with Gasteiger partial charge in [-0.05, 0) is 18.8 Å². The highest BCUT2D eigenvalue weighted by Gasteiger charge is 2.19. The average molecular weight is 354 g/mol. The molecule has 0 aliphatic carbocycles. The van der Waals surface area contributed by atoms with E-state index in [0.29, 0.717) is 30.2 Å². The van der Waals surface area contributed by atoms with Crippen LogP contribution in [0.2, 0.25) is 0 Å². The number of nitrogens with zero attached hydrogens (tertiary/aromatic N) is 3. The van der Waals surface area contributed by atoms with Crippen LogP contribution in [0.4, 0.5) is 0 Å². The van der Waals surface area contributed by atoms with Gasteiger partial charge in [0.1, 0.15) is 5.82 Å². The smallest absolute Gasteiger partial charge is 0.318 e. The zero-order valence-corrected chi connectivity index (χ0v) is 15.7. The van der Waals surface area contributed by atoms with Gasteiger partial charge in [-0.1, -0.05) is 57.5 Å². The van der Waals surface area contributed by atoms with Crippen LogP contribution in [0.5, 0.6) is 0 Å². The number of rotatable bonds is 7. The number of aromatic amines is 1. The number of imidazole rings is 1. The molecule has 138 valence electrons. The lowest BCUT2D eigenvalue weighted by Crippen LogP contribution is -2.31. The molecule has 0 amide bonds. The summed E-state index contributed by atoms with van der Waals surface area (Å²) >= 11 is 0. The predicted octanol–water partition coefficient (Wildman–Crippen LogP) is 3.40. The molecule has 0 radical (unpaired) electrons. The molecule has 0 atom stereocenters. The van der Waals surface area contributed by atoms with Crippen molar-refractivity contribution in [3.63, 3.8) is 0 Å². The molecule has 3 rings (SSSR count). The van der Waals surface area contributed by atoms with Crippen molar-refractivity contribution in [1.82, 2.24) is 19.1 Å². The van der Waals surface area contributed by atoms with E-state index in [1.54, 1.807) is 4.57 Å². The zero-order chi connectivity index (χ0) is 18.7. The molecule has 0 aliphatic heterocycles. The molecule has 6 nitrogen and oxygen atoms in total. The second-order valence-corrected chi connectivity index (χ2v) is 7.07. The molecule has 6 heteroatoms. The number of hydrogen-bond acceptors (Lipinski definition) is 3. The van der Waals surface area contributed by atoms with Gasteiger partial charge in [0.2, 0.25) is 0 Å². The first-order chi connectivity index (χ1) is 12.5. The summed E-state index contributed by atoms with van der Waals surface area (Å²) in [4.78, 5) is 32.2. The molecule has 1 N–H and O–H groups in total. The van der Waals surface area contributed by atoms with Gasteiger partial charge in [-0.15, -0.1) is 0 Å². The molecular formula is C20H26N4O2. The van der Waals surface area contributed by atoms with Gasteiger partial charge in [0.05, 0.1) is 0 Å². The van der Waals surface area contributed by atoms with Crippen molar-refractivity contribution < 1.29 is 0 Å². The van der Waals surface area contributed by atoms with E-state index >= 15 is 0 Å². The number of hydrogen-bond donors (Lipinski definition) is 1. The fourth-order valence-corrected chi connectivity index (χ4v) is 3.11. The van der Waals surface area contributed by atoms with Crippen molar-refractivity contribution >= 4 is 11.2 Å². The molecule has 0 unspecified atom stereocenters. The molecule has 2 aromatic heterocycles. The Labute approximate surface area is 152 Å². The fraction of sp³-hybridized carbons (Fsp3) is 0.450. The Bertz CT molecular complexity index is 996. The predicted molar refractivity (Wildman–Crippen MR) is 104 cm³/mol. The van der Waals surface area contributed by atoms with Crippen molar-refractivity contribution in [3.8, 4) is 11.4 Å². The summed E-state index contributed by atoms with van der Waals surface area (Å²) in [5.74, 6) is 1.24. The lowest BCUT2D eigenvalue weighted by Gasteiger charge is -2.11. The molecule has 3 aromatic rings. The van der Waals surface area contributed by atoms with Crippen molar-refractivity contribution in [1.29, 1.82) is 0 Å². The van der Waals surface area contributed by atoms with E-state index in [2.05, 4.69) is 25.8 Å². The third kappa shape index (κ3) is 3.49. The van der Waals surface area contributed by atoms with Gasteiger partial charge in [-0.3, -0.25) is 14.3 Å². The van der Waals surface area contributed by atoms with Crippen LogP contribution in [-0.4, -0.2) is 19.1 Å². The van der Waals surface area contributed by atoms with Crippen LogP contribution < -0.4 is 11.2 Å². The van der Waals surface area contributed by atoms with E-state index in [4.69, 9.17) is 4.98 Å². The number of aryl methyl sites for hydroxylation is 2. The van der Waals surface area contributed by atoms with Crippen molar-refractivity contribution in [2.24, 2.45) is 5.92 Å². The van der Waals surface area contributed by atoms with Gasteiger partial charge in [-0.2, -0.15) is 0 Å². The maximum absolute atomic E-state index is 12.6. The maximum Gasteiger partial charge on any atom is 0.330 e. The molecule has 0 aliphatic rings. The molecule has 1 aromatic carbocycles. The highest BCUT2D eigenvalue weighted by molar-refractivity contribution is 5.76. The SMILES string of the molecule is CCCCn1c(=O)[nH]c(=O)c2c1nc(-c1ccccc1)n2CCC(C)C. The quantitative estimate of drug-likeness (QED) is 0.707. The Kier molecular flexibility index (Phi) is 5.40. The Morgan fingerprint density at radius 2 is 1.81 bits per heavy atom. The van der Waals surface area contributed by atoms with E-state index in [-0.39, 0.29) is 11.2 Å². The monoisotopic (exact) mass is 354 g/mol. The Hall–Kier alpha value is -2.63. The average Bonchev–Trinajstić information content (AvgIpc) is 3.00. The largest absolute Gasteiger partial charge is 0.330 e. The highest BCUT2D eigenvalue weighted by atomic mass is 16.2. The van der Waals surface area contributed by atoms with E-state index < -0.39 is 0 Å². The molecular weight excluding hydrogens is 328 g/mol. The van der Waals surface area contributed by atoms with Crippen molar-refractivity contribution in [2.45, 2.75) is 53.1 Å². The standard InChI is InChI=1S/C20H26N4O2/c1-4-5-12-24-18-16(19(25)22-20(24)26)23(13-11-14(2)3)17(21-18)15-9-7-6-8-10-15/h6-10,14H,4-5,11-13H2,1-3H3,(H,22,25,26). The van der Waals surface area contributed by atoms with Crippen molar-refractivity contribution in [3.05, 3.63) is 51.2 Å². The second kappa shape index (κ2) is 7.72. The molecule has 0 fully saturated rings. The zero-order valence-electron chi connectivity index (χ0n) is 15.7. The topological polar surface area (TPSA) is 72.7 Å². The van der Waals surface area contributed by atoms with E-state index in [1.165, 1.54) is 0 Å². The number of aromatic nitrogens is 4. The fourth-order valence-electron chi connectivity index (χ4n) is 3.11. The Balaban J connectivity index is 2.28. The lowest BCUT2D eigenvalue weighted by molar-refractivity contribution is 0.524. The molecule has 0 saturated carbocycles. The van der Waals surface area contributed by atoms with Gasteiger partial charge >= 0.3 is 5.69 Å². The van der Waals surface area contributed by atoms with E-state index in [1.807, 2.05) is 34.9 Å². The maximum atomic E-state index is 12.6. The minimum absolute atomic E-state index is 0.365. The van der Waals surface area contributed by atoms with Crippen LogP contribution in [0.15, 0.2) is 39.9 Å². The van der Waals surface area contributed by atoms with Crippen LogP contribution in [-0.2, 0) is 13.1 Å². The molecule has 2 heterocycles. The second-order valence-electron chi connectivity index (χ2n) is 7.07.